The predicted octanol–water partition coefficient (Wildman–Crippen LogP) is 1.94. The fourth-order valence-corrected chi connectivity index (χ4v) is 0.904. The van der Waals surface area contributed by atoms with E-state index in [9.17, 15) is 0 Å². The summed E-state index contributed by atoms with van der Waals surface area (Å²) in [4.78, 5) is 0. The standard InChI is InChI=1S/C8H5O2/c9-8-5-6-3-1-2-4-7(6)10-8/h1-4,9H. The molecule has 0 aliphatic heterocycles. The second kappa shape index (κ2) is 1.77. The largest absolute Gasteiger partial charge is 0.480 e. The maximum Gasteiger partial charge on any atom is 0.291 e. The van der Waals surface area contributed by atoms with Gasteiger partial charge in [0.15, 0.2) is 0 Å². The van der Waals surface area contributed by atoms with Crippen LogP contribution in [0.5, 0.6) is 5.95 Å². The summed E-state index contributed by atoms with van der Waals surface area (Å²) in [6.45, 7) is 0. The molecule has 0 fully saturated rings. The van der Waals surface area contributed by atoms with Gasteiger partial charge in [0, 0.05) is 5.39 Å². The van der Waals surface area contributed by atoms with Gasteiger partial charge in [-0.2, -0.15) is 0 Å². The van der Waals surface area contributed by atoms with E-state index >= 15 is 0 Å². The van der Waals surface area contributed by atoms with Crippen LogP contribution in [0.4, 0.5) is 0 Å². The molecular weight excluding hydrogens is 128 g/mol. The van der Waals surface area contributed by atoms with Crippen molar-refractivity contribution in [1.82, 2.24) is 0 Å². The first-order chi connectivity index (χ1) is 4.86. The molecule has 0 saturated heterocycles. The predicted molar refractivity (Wildman–Crippen MR) is 36.7 cm³/mol. The van der Waals surface area contributed by atoms with E-state index in [4.69, 9.17) is 9.52 Å². The molecule has 1 aromatic heterocycles. The monoisotopic (exact) mass is 133 g/mol. The fraction of sp³-hybridized carbons (Fsp3) is 0. The van der Waals surface area contributed by atoms with Crippen molar-refractivity contribution in [3.8, 4) is 5.95 Å². The van der Waals surface area contributed by atoms with E-state index in [1.54, 1.807) is 6.07 Å². The van der Waals surface area contributed by atoms with Crippen molar-refractivity contribution in [2.75, 3.05) is 0 Å². The van der Waals surface area contributed by atoms with Crippen molar-refractivity contribution in [3.63, 3.8) is 0 Å². The maximum atomic E-state index is 8.83. The molecule has 2 aromatic rings. The van der Waals surface area contributed by atoms with Gasteiger partial charge in [-0.1, -0.05) is 18.2 Å². The molecular formula is C8H5O2. The van der Waals surface area contributed by atoms with Gasteiger partial charge in [-0.15, -0.1) is 0 Å². The molecule has 0 unspecified atom stereocenters. The third kappa shape index (κ3) is 0.658. The molecule has 2 heteroatoms. The third-order valence-electron chi connectivity index (χ3n) is 1.34. The number of fused-ring (bicyclic) bond motifs is 1. The van der Waals surface area contributed by atoms with Gasteiger partial charge in [-0.3, -0.25) is 0 Å². The summed E-state index contributed by atoms with van der Waals surface area (Å²) in [5.41, 5.74) is 0.667. The van der Waals surface area contributed by atoms with Crippen LogP contribution in [-0.2, 0) is 0 Å². The lowest BCUT2D eigenvalue weighted by atomic mass is 10.3. The Hall–Kier alpha value is -1.44. The summed E-state index contributed by atoms with van der Waals surface area (Å²) in [7, 11) is 0. The molecule has 0 aliphatic carbocycles. The van der Waals surface area contributed by atoms with Gasteiger partial charge in [0.05, 0.1) is 6.07 Å². The summed E-state index contributed by atoms with van der Waals surface area (Å²) in [5.74, 6) is -0.152. The lowest BCUT2D eigenvalue weighted by molar-refractivity contribution is 0.345. The molecule has 1 heterocycles. The molecule has 2 nitrogen and oxygen atoms in total. The van der Waals surface area contributed by atoms with Crippen molar-refractivity contribution in [2.45, 2.75) is 0 Å². The average Bonchev–Trinajstić information content (AvgIpc) is 2.27. The molecule has 2 rings (SSSR count). The number of hydrogen-bond acceptors (Lipinski definition) is 2. The fourth-order valence-electron chi connectivity index (χ4n) is 0.904. The number of hydrogen-bond donors (Lipinski definition) is 1. The molecule has 1 radical (unpaired) electrons. The van der Waals surface area contributed by atoms with E-state index in [-0.39, 0.29) is 5.95 Å². The number of para-hydroxylation sites is 1. The molecule has 1 N–H and O–H groups in total. The van der Waals surface area contributed by atoms with Gasteiger partial charge < -0.3 is 9.52 Å². The van der Waals surface area contributed by atoms with Crippen molar-refractivity contribution in [1.29, 1.82) is 0 Å². The van der Waals surface area contributed by atoms with E-state index < -0.39 is 0 Å². The summed E-state index contributed by atoms with van der Waals surface area (Å²) in [6, 6.07) is 9.98. The minimum Gasteiger partial charge on any atom is -0.480 e. The number of furan rings is 1. The van der Waals surface area contributed by atoms with E-state index in [0.717, 1.165) is 5.39 Å². The van der Waals surface area contributed by atoms with Gasteiger partial charge in [0.2, 0.25) is 0 Å². The highest BCUT2D eigenvalue weighted by Crippen LogP contribution is 2.21. The van der Waals surface area contributed by atoms with E-state index in [1.807, 2.05) is 18.2 Å². The van der Waals surface area contributed by atoms with E-state index in [2.05, 4.69) is 6.07 Å². The lowest BCUT2D eigenvalue weighted by Gasteiger charge is -1.81. The van der Waals surface area contributed by atoms with Gasteiger partial charge >= 0.3 is 0 Å². The highest BCUT2D eigenvalue weighted by Gasteiger charge is 1.98. The van der Waals surface area contributed by atoms with E-state index in [1.165, 1.54) is 0 Å². The smallest absolute Gasteiger partial charge is 0.291 e. The average molecular weight is 133 g/mol. The van der Waals surface area contributed by atoms with Crippen LogP contribution >= 0.6 is 0 Å². The van der Waals surface area contributed by atoms with Crippen molar-refractivity contribution in [2.24, 2.45) is 0 Å². The van der Waals surface area contributed by atoms with E-state index in [0.29, 0.717) is 5.58 Å². The quantitative estimate of drug-likeness (QED) is 0.595. The Kier molecular flexibility index (Phi) is 0.947. The molecule has 0 amide bonds. The molecule has 10 heavy (non-hydrogen) atoms. The summed E-state index contributed by atoms with van der Waals surface area (Å²) >= 11 is 0. The molecule has 0 bridgehead atoms. The first-order valence-electron chi connectivity index (χ1n) is 2.96. The van der Waals surface area contributed by atoms with Crippen LogP contribution in [0.1, 0.15) is 0 Å². The zero-order valence-corrected chi connectivity index (χ0v) is 5.16. The van der Waals surface area contributed by atoms with Crippen molar-refractivity contribution >= 4 is 11.0 Å². The van der Waals surface area contributed by atoms with Crippen molar-refractivity contribution in [3.05, 3.63) is 30.3 Å². The Morgan fingerprint density at radius 3 is 2.90 bits per heavy atom. The highest BCUT2D eigenvalue weighted by molar-refractivity contribution is 5.77. The zero-order chi connectivity index (χ0) is 6.97. The molecule has 0 spiro atoms. The normalized spacial score (nSPS) is 10.4. The SMILES string of the molecule is Oc1[c]c2ccccc2o1. The Morgan fingerprint density at radius 1 is 1.30 bits per heavy atom. The highest BCUT2D eigenvalue weighted by atomic mass is 16.5. The number of aromatic hydroxyl groups is 1. The second-order valence-corrected chi connectivity index (χ2v) is 2.03. The van der Waals surface area contributed by atoms with Crippen LogP contribution < -0.4 is 0 Å². The van der Waals surface area contributed by atoms with Crippen LogP contribution in [0.25, 0.3) is 11.0 Å². The molecule has 0 atom stereocenters. The van der Waals surface area contributed by atoms with Crippen molar-refractivity contribution < 1.29 is 9.52 Å². The lowest BCUT2D eigenvalue weighted by Crippen LogP contribution is -1.58. The number of rotatable bonds is 0. The molecule has 1 aromatic carbocycles. The third-order valence-corrected chi connectivity index (χ3v) is 1.34. The first-order valence-corrected chi connectivity index (χ1v) is 2.96. The Balaban J connectivity index is 2.88. The molecule has 0 aliphatic rings. The Morgan fingerprint density at radius 2 is 2.10 bits per heavy atom. The minimum atomic E-state index is -0.152. The summed E-state index contributed by atoms with van der Waals surface area (Å²) < 4.78 is 4.87. The first kappa shape index (κ1) is 5.35. The molecule has 0 saturated carbocycles. The summed E-state index contributed by atoms with van der Waals surface area (Å²) in [5, 5.41) is 9.64. The zero-order valence-electron chi connectivity index (χ0n) is 5.16. The molecule has 49 valence electrons. The topological polar surface area (TPSA) is 33.4 Å². The van der Waals surface area contributed by atoms with Gasteiger partial charge in [-0.25, -0.2) is 0 Å². The number of benzene rings is 1. The summed E-state index contributed by atoms with van der Waals surface area (Å²) in [6.07, 6.45) is 0. The Bertz CT molecular complexity index is 316. The minimum absolute atomic E-state index is 0.152. The van der Waals surface area contributed by atoms with Gasteiger partial charge in [0.1, 0.15) is 5.58 Å². The van der Waals surface area contributed by atoms with Gasteiger partial charge in [-0.05, 0) is 6.07 Å². The van der Waals surface area contributed by atoms with Gasteiger partial charge in [0.25, 0.3) is 5.95 Å². The van der Waals surface area contributed by atoms with Crippen LogP contribution in [-0.4, -0.2) is 5.11 Å². The second-order valence-electron chi connectivity index (χ2n) is 2.03. The maximum absolute atomic E-state index is 8.83. The van der Waals surface area contributed by atoms with Crippen LogP contribution in [0.3, 0.4) is 0 Å². The Labute approximate surface area is 57.7 Å². The van der Waals surface area contributed by atoms with Crippen LogP contribution in [0.2, 0.25) is 0 Å². The van der Waals surface area contributed by atoms with Crippen LogP contribution in [0, 0.1) is 6.07 Å². The van der Waals surface area contributed by atoms with Crippen LogP contribution in [0.15, 0.2) is 28.7 Å².